The smallest absolute Gasteiger partial charge is 0.244 e. The number of sulfonamides is 1. The Morgan fingerprint density at radius 3 is 2.41 bits per heavy atom. The number of amides is 1. The average Bonchev–Trinajstić information content (AvgIpc) is 2.71. The van der Waals surface area contributed by atoms with Gasteiger partial charge < -0.3 is 10.1 Å². The molecule has 2 aromatic rings. The molecule has 29 heavy (non-hydrogen) atoms. The third-order valence-corrected chi connectivity index (χ3v) is 7.38. The number of halogens is 2. The Bertz CT molecular complexity index is 972. The van der Waals surface area contributed by atoms with E-state index in [1.165, 1.54) is 16.4 Å². The van der Waals surface area contributed by atoms with Gasteiger partial charge in [-0.05, 0) is 62.2 Å². The van der Waals surface area contributed by atoms with E-state index in [0.717, 1.165) is 5.75 Å². The molecule has 0 atom stereocenters. The number of hydrogen-bond acceptors (Lipinski definition) is 4. The molecule has 156 valence electrons. The molecule has 1 aliphatic heterocycles. The molecule has 1 saturated heterocycles. The summed E-state index contributed by atoms with van der Waals surface area (Å²) in [5, 5.41) is 3.31. The van der Waals surface area contributed by atoms with E-state index in [9.17, 15) is 13.2 Å². The van der Waals surface area contributed by atoms with Gasteiger partial charge >= 0.3 is 0 Å². The van der Waals surface area contributed by atoms with Crippen LogP contribution in [0.3, 0.4) is 0 Å². The van der Waals surface area contributed by atoms with Crippen LogP contribution in [0.5, 0.6) is 5.75 Å². The Balaban J connectivity index is 1.61. The van der Waals surface area contributed by atoms with Crippen LogP contribution in [0.1, 0.15) is 19.8 Å². The minimum absolute atomic E-state index is 0.0102. The largest absolute Gasteiger partial charge is 0.494 e. The molecule has 1 amide bonds. The first kappa shape index (κ1) is 21.9. The maximum Gasteiger partial charge on any atom is 0.244 e. The van der Waals surface area contributed by atoms with Crippen molar-refractivity contribution in [3.8, 4) is 5.75 Å². The number of piperidine rings is 1. The molecule has 0 spiro atoms. The topological polar surface area (TPSA) is 75.7 Å². The molecule has 0 aliphatic carbocycles. The quantitative estimate of drug-likeness (QED) is 0.697. The lowest BCUT2D eigenvalue weighted by atomic mass is 9.97. The first-order valence-electron chi connectivity index (χ1n) is 9.30. The number of hydrogen-bond donors (Lipinski definition) is 1. The van der Waals surface area contributed by atoms with E-state index in [1.807, 2.05) is 6.92 Å². The highest BCUT2D eigenvalue weighted by Gasteiger charge is 2.33. The van der Waals surface area contributed by atoms with Gasteiger partial charge in [0.05, 0.1) is 11.6 Å². The zero-order valence-corrected chi connectivity index (χ0v) is 18.2. The van der Waals surface area contributed by atoms with E-state index < -0.39 is 10.0 Å². The summed E-state index contributed by atoms with van der Waals surface area (Å²) in [6.45, 7) is 2.97. The molecule has 1 heterocycles. The van der Waals surface area contributed by atoms with E-state index in [1.54, 1.807) is 30.3 Å². The van der Waals surface area contributed by atoms with Crippen molar-refractivity contribution in [3.63, 3.8) is 0 Å². The fraction of sp³-hybridized carbons (Fsp3) is 0.350. The van der Waals surface area contributed by atoms with Crippen molar-refractivity contribution in [2.75, 3.05) is 25.0 Å². The number of nitrogens with zero attached hydrogens (tertiary/aromatic N) is 1. The summed E-state index contributed by atoms with van der Waals surface area (Å²) in [5.74, 6) is 0.360. The first-order valence-corrected chi connectivity index (χ1v) is 11.5. The molecule has 1 fully saturated rings. The highest BCUT2D eigenvalue weighted by molar-refractivity contribution is 7.89. The summed E-state index contributed by atoms with van der Waals surface area (Å²) in [4.78, 5) is 12.5. The van der Waals surface area contributed by atoms with Gasteiger partial charge in [-0.15, -0.1) is 0 Å². The van der Waals surface area contributed by atoms with Gasteiger partial charge in [0.2, 0.25) is 15.9 Å². The molecule has 1 aliphatic rings. The molecule has 9 heteroatoms. The molecule has 0 radical (unpaired) electrons. The molecule has 2 aromatic carbocycles. The highest BCUT2D eigenvalue weighted by atomic mass is 35.5. The summed E-state index contributed by atoms with van der Waals surface area (Å²) in [7, 11) is -3.76. The fourth-order valence-corrected chi connectivity index (χ4v) is 5.42. The second kappa shape index (κ2) is 9.34. The number of anilines is 1. The van der Waals surface area contributed by atoms with Crippen molar-refractivity contribution >= 4 is 44.8 Å². The van der Waals surface area contributed by atoms with Crippen molar-refractivity contribution in [3.05, 3.63) is 52.5 Å². The molecular weight excluding hydrogens is 435 g/mol. The zero-order chi connectivity index (χ0) is 21.0. The van der Waals surface area contributed by atoms with Gasteiger partial charge in [0.25, 0.3) is 0 Å². The molecule has 0 aromatic heterocycles. The van der Waals surface area contributed by atoms with Gasteiger partial charge in [-0.3, -0.25) is 4.79 Å². The van der Waals surface area contributed by atoms with Crippen molar-refractivity contribution in [1.29, 1.82) is 0 Å². The van der Waals surface area contributed by atoms with Crippen LogP contribution in [0.2, 0.25) is 10.0 Å². The van der Waals surface area contributed by atoms with Crippen molar-refractivity contribution < 1.29 is 17.9 Å². The Hall–Kier alpha value is -1.80. The van der Waals surface area contributed by atoms with Gasteiger partial charge in [0.1, 0.15) is 10.6 Å². The van der Waals surface area contributed by atoms with Gasteiger partial charge in [0, 0.05) is 29.7 Å². The van der Waals surface area contributed by atoms with Crippen LogP contribution in [0.4, 0.5) is 5.69 Å². The second-order valence-corrected chi connectivity index (χ2v) is 9.45. The number of ether oxygens (including phenoxy) is 1. The molecule has 0 unspecified atom stereocenters. The lowest BCUT2D eigenvalue weighted by Crippen LogP contribution is -2.41. The summed E-state index contributed by atoms with van der Waals surface area (Å²) in [6, 6.07) is 11.5. The van der Waals surface area contributed by atoms with E-state index >= 15 is 0 Å². The summed E-state index contributed by atoms with van der Waals surface area (Å²) in [5.41, 5.74) is 0.680. The van der Waals surface area contributed by atoms with E-state index in [0.29, 0.717) is 30.2 Å². The Kier molecular flexibility index (Phi) is 7.05. The minimum atomic E-state index is -3.76. The lowest BCUT2D eigenvalue weighted by molar-refractivity contribution is -0.120. The van der Waals surface area contributed by atoms with Gasteiger partial charge in [0.15, 0.2) is 0 Å². The maximum absolute atomic E-state index is 12.9. The van der Waals surface area contributed by atoms with E-state index in [4.69, 9.17) is 27.9 Å². The second-order valence-electron chi connectivity index (χ2n) is 6.70. The molecular formula is C20H22Cl2N2O4S. The Morgan fingerprint density at radius 1 is 1.14 bits per heavy atom. The number of rotatable bonds is 6. The molecule has 0 saturated carbocycles. The Labute approximate surface area is 180 Å². The number of benzene rings is 2. The number of carbonyl (C=O) groups excluding carboxylic acids is 1. The Morgan fingerprint density at radius 2 is 1.79 bits per heavy atom. The predicted molar refractivity (Wildman–Crippen MR) is 114 cm³/mol. The third-order valence-electron chi connectivity index (χ3n) is 4.77. The van der Waals surface area contributed by atoms with Crippen molar-refractivity contribution in [2.45, 2.75) is 24.7 Å². The van der Waals surface area contributed by atoms with Crippen LogP contribution < -0.4 is 10.1 Å². The lowest BCUT2D eigenvalue weighted by Gasteiger charge is -2.30. The first-order chi connectivity index (χ1) is 13.8. The average molecular weight is 457 g/mol. The van der Waals surface area contributed by atoms with Gasteiger partial charge in [-0.25, -0.2) is 8.42 Å². The van der Waals surface area contributed by atoms with Crippen LogP contribution in [0, 0.1) is 5.92 Å². The highest BCUT2D eigenvalue weighted by Crippen LogP contribution is 2.30. The fourth-order valence-electron chi connectivity index (χ4n) is 3.22. The standard InChI is InChI=1S/C20H22Cl2N2O4S/c1-2-28-17-6-4-16(5-7-17)23-20(25)14-9-11-24(12-10-14)29(26,27)19-13-15(21)3-8-18(19)22/h3-8,13-14H,2,9-12H2,1H3,(H,23,25). The zero-order valence-electron chi connectivity index (χ0n) is 15.9. The molecule has 0 bridgehead atoms. The third kappa shape index (κ3) is 5.22. The van der Waals surface area contributed by atoms with Crippen LogP contribution in [0.25, 0.3) is 0 Å². The molecule has 1 N–H and O–H groups in total. The normalized spacial score (nSPS) is 15.8. The van der Waals surface area contributed by atoms with Crippen LogP contribution in [0.15, 0.2) is 47.4 Å². The summed E-state index contributed by atoms with van der Waals surface area (Å²) < 4.78 is 32.5. The van der Waals surface area contributed by atoms with Crippen LogP contribution in [-0.2, 0) is 14.8 Å². The minimum Gasteiger partial charge on any atom is -0.494 e. The summed E-state index contributed by atoms with van der Waals surface area (Å²) in [6.07, 6.45) is 0.862. The SMILES string of the molecule is CCOc1ccc(NC(=O)C2CCN(S(=O)(=O)c3cc(Cl)ccc3Cl)CC2)cc1. The van der Waals surface area contributed by atoms with E-state index in [2.05, 4.69) is 5.32 Å². The van der Waals surface area contributed by atoms with E-state index in [-0.39, 0.29) is 34.8 Å². The van der Waals surface area contributed by atoms with Crippen molar-refractivity contribution in [2.24, 2.45) is 5.92 Å². The molecule has 3 rings (SSSR count). The molecule has 6 nitrogen and oxygen atoms in total. The summed E-state index contributed by atoms with van der Waals surface area (Å²) >= 11 is 12.0. The number of carbonyl (C=O) groups is 1. The van der Waals surface area contributed by atoms with Gasteiger partial charge in [-0.2, -0.15) is 4.31 Å². The van der Waals surface area contributed by atoms with Crippen molar-refractivity contribution in [1.82, 2.24) is 4.31 Å². The van der Waals surface area contributed by atoms with Crippen LogP contribution in [-0.4, -0.2) is 38.3 Å². The predicted octanol–water partition coefficient (Wildman–Crippen LogP) is 4.43. The monoisotopic (exact) mass is 456 g/mol. The maximum atomic E-state index is 12.9. The number of nitrogens with one attached hydrogen (secondary N) is 1. The van der Waals surface area contributed by atoms with Crippen LogP contribution >= 0.6 is 23.2 Å². The van der Waals surface area contributed by atoms with Gasteiger partial charge in [-0.1, -0.05) is 23.2 Å².